The molecule has 0 aliphatic rings. The lowest BCUT2D eigenvalue weighted by molar-refractivity contribution is 0.278. The monoisotopic (exact) mass is 214 g/mol. The van der Waals surface area contributed by atoms with E-state index in [4.69, 9.17) is 5.11 Å². The first-order valence-electron chi connectivity index (χ1n) is 4.80. The van der Waals surface area contributed by atoms with Crippen molar-refractivity contribution in [1.29, 1.82) is 0 Å². The van der Waals surface area contributed by atoms with E-state index in [-0.39, 0.29) is 12.4 Å². The second-order valence-corrected chi connectivity index (χ2v) is 4.25. The maximum absolute atomic E-state index is 12.8. The molecule has 0 amide bonds. The zero-order valence-corrected chi connectivity index (χ0v) is 9.11. The summed E-state index contributed by atoms with van der Waals surface area (Å²) in [6.07, 6.45) is 2.30. The first kappa shape index (κ1) is 11.5. The molecule has 1 aromatic rings. The summed E-state index contributed by atoms with van der Waals surface area (Å²) in [7, 11) is 0. The number of aliphatic hydroxyl groups excluding tert-OH is 1. The molecule has 0 atom stereocenters. The number of rotatable bonds is 5. The van der Waals surface area contributed by atoms with Crippen molar-refractivity contribution in [2.45, 2.75) is 31.3 Å². The Labute approximate surface area is 88.3 Å². The second kappa shape index (κ2) is 6.04. The first-order chi connectivity index (χ1) is 6.77. The van der Waals surface area contributed by atoms with Crippen LogP contribution in [0.15, 0.2) is 23.1 Å². The molecule has 0 spiro atoms. The molecule has 0 saturated heterocycles. The molecule has 0 aliphatic heterocycles. The lowest BCUT2D eigenvalue weighted by atomic mass is 10.2. The summed E-state index contributed by atoms with van der Waals surface area (Å²) >= 11 is 1.68. The van der Waals surface area contributed by atoms with Crippen molar-refractivity contribution in [3.63, 3.8) is 0 Å². The van der Waals surface area contributed by atoms with Crippen LogP contribution in [0.1, 0.15) is 25.3 Å². The largest absolute Gasteiger partial charge is 0.392 e. The van der Waals surface area contributed by atoms with Gasteiger partial charge in [0.05, 0.1) is 6.61 Å². The van der Waals surface area contributed by atoms with E-state index in [1.165, 1.54) is 12.1 Å². The Morgan fingerprint density at radius 2 is 2.21 bits per heavy atom. The van der Waals surface area contributed by atoms with Gasteiger partial charge in [0.15, 0.2) is 0 Å². The van der Waals surface area contributed by atoms with Gasteiger partial charge in [-0.2, -0.15) is 0 Å². The van der Waals surface area contributed by atoms with Gasteiger partial charge in [0.2, 0.25) is 0 Å². The van der Waals surface area contributed by atoms with E-state index in [0.717, 1.165) is 23.5 Å². The maximum Gasteiger partial charge on any atom is 0.123 e. The van der Waals surface area contributed by atoms with Gasteiger partial charge < -0.3 is 5.11 Å². The van der Waals surface area contributed by atoms with E-state index in [1.54, 1.807) is 17.8 Å². The highest BCUT2D eigenvalue weighted by Gasteiger charge is 2.03. The van der Waals surface area contributed by atoms with Crippen LogP contribution in [0.3, 0.4) is 0 Å². The van der Waals surface area contributed by atoms with Crippen molar-refractivity contribution in [1.82, 2.24) is 0 Å². The number of aliphatic hydroxyl groups is 1. The Morgan fingerprint density at radius 3 is 2.86 bits per heavy atom. The molecular formula is C11H15FOS. The van der Waals surface area contributed by atoms with E-state index < -0.39 is 0 Å². The number of halogens is 1. The van der Waals surface area contributed by atoms with Gasteiger partial charge >= 0.3 is 0 Å². The Hall–Kier alpha value is -0.540. The Balaban J connectivity index is 2.65. The van der Waals surface area contributed by atoms with Crippen molar-refractivity contribution in [2.24, 2.45) is 0 Å². The molecule has 78 valence electrons. The standard InChI is InChI=1S/C11H15FOS/c1-2-3-6-14-11-5-4-10(12)7-9(11)8-13/h4-5,7,13H,2-3,6,8H2,1H3. The smallest absolute Gasteiger partial charge is 0.123 e. The van der Waals surface area contributed by atoms with Crippen LogP contribution in [0.5, 0.6) is 0 Å². The Bertz CT molecular complexity index is 289. The molecule has 3 heteroatoms. The molecule has 1 aromatic carbocycles. The summed E-state index contributed by atoms with van der Waals surface area (Å²) in [4.78, 5) is 0.988. The van der Waals surface area contributed by atoms with E-state index in [2.05, 4.69) is 6.92 Å². The Kier molecular flexibility index (Phi) is 4.98. The van der Waals surface area contributed by atoms with Gasteiger partial charge in [-0.05, 0) is 35.9 Å². The van der Waals surface area contributed by atoms with Crippen molar-refractivity contribution >= 4 is 11.8 Å². The summed E-state index contributed by atoms with van der Waals surface area (Å²) < 4.78 is 12.8. The molecule has 0 unspecified atom stereocenters. The van der Waals surface area contributed by atoms with Crippen LogP contribution in [0.4, 0.5) is 4.39 Å². The quantitative estimate of drug-likeness (QED) is 0.600. The highest BCUT2D eigenvalue weighted by Crippen LogP contribution is 2.24. The highest BCUT2D eigenvalue weighted by atomic mass is 32.2. The average Bonchev–Trinajstić information content (AvgIpc) is 2.20. The third-order valence-corrected chi connectivity index (χ3v) is 3.15. The molecule has 0 fully saturated rings. The van der Waals surface area contributed by atoms with Gasteiger partial charge in [0.1, 0.15) is 5.82 Å². The molecule has 0 bridgehead atoms. The highest BCUT2D eigenvalue weighted by molar-refractivity contribution is 7.99. The van der Waals surface area contributed by atoms with Crippen LogP contribution in [0.25, 0.3) is 0 Å². The zero-order valence-electron chi connectivity index (χ0n) is 8.29. The number of hydrogen-bond acceptors (Lipinski definition) is 2. The van der Waals surface area contributed by atoms with Crippen LogP contribution in [0.2, 0.25) is 0 Å². The van der Waals surface area contributed by atoms with Gasteiger partial charge in [-0.25, -0.2) is 4.39 Å². The van der Waals surface area contributed by atoms with Crippen LogP contribution < -0.4 is 0 Å². The third-order valence-electron chi connectivity index (χ3n) is 1.95. The lowest BCUT2D eigenvalue weighted by Gasteiger charge is -2.06. The van der Waals surface area contributed by atoms with Gasteiger partial charge in [-0.3, -0.25) is 0 Å². The van der Waals surface area contributed by atoms with Crippen molar-refractivity contribution < 1.29 is 9.50 Å². The molecule has 0 radical (unpaired) electrons. The SMILES string of the molecule is CCCCSc1ccc(F)cc1CO. The van der Waals surface area contributed by atoms with Gasteiger partial charge in [-0.1, -0.05) is 13.3 Å². The molecule has 0 saturated carbocycles. The van der Waals surface area contributed by atoms with E-state index in [0.29, 0.717) is 5.56 Å². The zero-order chi connectivity index (χ0) is 10.4. The maximum atomic E-state index is 12.8. The molecule has 0 heterocycles. The number of hydrogen-bond donors (Lipinski definition) is 1. The molecule has 1 nitrogen and oxygen atoms in total. The van der Waals surface area contributed by atoms with Crippen LogP contribution in [-0.4, -0.2) is 10.9 Å². The van der Waals surface area contributed by atoms with Crippen LogP contribution >= 0.6 is 11.8 Å². The van der Waals surface area contributed by atoms with E-state index >= 15 is 0 Å². The van der Waals surface area contributed by atoms with Gasteiger partial charge in [-0.15, -0.1) is 11.8 Å². The minimum absolute atomic E-state index is 0.0911. The predicted octanol–water partition coefficient (Wildman–Crippen LogP) is 3.21. The predicted molar refractivity (Wildman–Crippen MR) is 58.0 cm³/mol. The van der Waals surface area contributed by atoms with E-state index in [9.17, 15) is 4.39 Å². The summed E-state index contributed by atoms with van der Waals surface area (Å²) in [6.45, 7) is 2.05. The molecule has 1 N–H and O–H groups in total. The Morgan fingerprint density at radius 1 is 1.43 bits per heavy atom. The van der Waals surface area contributed by atoms with Crippen molar-refractivity contribution in [3.05, 3.63) is 29.6 Å². The minimum Gasteiger partial charge on any atom is -0.392 e. The van der Waals surface area contributed by atoms with Gasteiger partial charge in [0.25, 0.3) is 0 Å². The minimum atomic E-state index is -0.283. The van der Waals surface area contributed by atoms with Crippen LogP contribution in [0, 0.1) is 5.82 Å². The normalized spacial score (nSPS) is 10.5. The number of benzene rings is 1. The molecule has 0 aromatic heterocycles. The lowest BCUT2D eigenvalue weighted by Crippen LogP contribution is -1.90. The molecular weight excluding hydrogens is 199 g/mol. The van der Waals surface area contributed by atoms with Crippen molar-refractivity contribution in [3.8, 4) is 0 Å². The molecule has 1 rings (SSSR count). The third kappa shape index (κ3) is 3.31. The van der Waals surface area contributed by atoms with Crippen molar-refractivity contribution in [2.75, 3.05) is 5.75 Å². The first-order valence-corrected chi connectivity index (χ1v) is 5.78. The molecule has 0 aliphatic carbocycles. The number of unbranched alkanes of at least 4 members (excludes halogenated alkanes) is 1. The molecule has 14 heavy (non-hydrogen) atoms. The topological polar surface area (TPSA) is 20.2 Å². The summed E-state index contributed by atoms with van der Waals surface area (Å²) in [5.74, 6) is 0.740. The second-order valence-electron chi connectivity index (χ2n) is 3.11. The summed E-state index contributed by atoms with van der Waals surface area (Å²) in [6, 6.07) is 4.57. The van der Waals surface area contributed by atoms with E-state index in [1.807, 2.05) is 0 Å². The van der Waals surface area contributed by atoms with Crippen LogP contribution in [-0.2, 0) is 6.61 Å². The van der Waals surface area contributed by atoms with Gasteiger partial charge in [0, 0.05) is 4.90 Å². The fourth-order valence-electron chi connectivity index (χ4n) is 1.14. The number of thioether (sulfide) groups is 1. The summed E-state index contributed by atoms with van der Waals surface area (Å²) in [5.41, 5.74) is 0.686. The fraction of sp³-hybridized carbons (Fsp3) is 0.455. The average molecular weight is 214 g/mol. The summed E-state index contributed by atoms with van der Waals surface area (Å²) in [5, 5.41) is 9.02. The fourth-order valence-corrected chi connectivity index (χ4v) is 2.26.